The summed E-state index contributed by atoms with van der Waals surface area (Å²) in [5.74, 6) is -4.80. The standard InChI is InChI=1S/C18H17F3N2O2S/c1-11-3-2-4-12(7-11)9-26-10-16(25)22-8-15(24)23-14-6-5-13(19)17(20)18(14)21/h2-7H,8-10H2,1H3,(H,22,25)(H,23,24). The highest BCUT2D eigenvalue weighted by atomic mass is 32.2. The normalized spacial score (nSPS) is 10.5. The predicted octanol–water partition coefficient (Wildman–Crippen LogP) is 3.40. The van der Waals surface area contributed by atoms with Crippen LogP contribution in [0.1, 0.15) is 11.1 Å². The molecule has 138 valence electrons. The highest BCUT2D eigenvalue weighted by Gasteiger charge is 2.15. The zero-order valence-corrected chi connectivity index (χ0v) is 14.8. The van der Waals surface area contributed by atoms with E-state index in [0.29, 0.717) is 11.8 Å². The van der Waals surface area contributed by atoms with Crippen molar-refractivity contribution in [1.29, 1.82) is 0 Å². The van der Waals surface area contributed by atoms with Crippen molar-refractivity contribution < 1.29 is 22.8 Å². The number of halogens is 3. The minimum Gasteiger partial charge on any atom is -0.346 e. The van der Waals surface area contributed by atoms with Crippen LogP contribution in [0.3, 0.4) is 0 Å². The van der Waals surface area contributed by atoms with Crippen LogP contribution >= 0.6 is 11.8 Å². The van der Waals surface area contributed by atoms with Crippen molar-refractivity contribution >= 4 is 29.3 Å². The van der Waals surface area contributed by atoms with Crippen molar-refractivity contribution in [2.45, 2.75) is 12.7 Å². The van der Waals surface area contributed by atoms with E-state index in [0.717, 1.165) is 17.2 Å². The van der Waals surface area contributed by atoms with Crippen LogP contribution in [0.15, 0.2) is 36.4 Å². The monoisotopic (exact) mass is 382 g/mol. The lowest BCUT2D eigenvalue weighted by Crippen LogP contribution is -2.34. The molecule has 0 saturated heterocycles. The van der Waals surface area contributed by atoms with Gasteiger partial charge in [0, 0.05) is 5.75 Å². The summed E-state index contributed by atoms with van der Waals surface area (Å²) < 4.78 is 39.4. The lowest BCUT2D eigenvalue weighted by molar-refractivity contribution is -0.122. The van der Waals surface area contributed by atoms with Crippen molar-refractivity contribution in [3.05, 3.63) is 65.0 Å². The Balaban J connectivity index is 1.73. The van der Waals surface area contributed by atoms with Crippen molar-refractivity contribution in [2.75, 3.05) is 17.6 Å². The summed E-state index contributed by atoms with van der Waals surface area (Å²) >= 11 is 1.39. The van der Waals surface area contributed by atoms with Gasteiger partial charge in [-0.05, 0) is 24.6 Å². The Labute approximate surface area is 153 Å². The number of thioether (sulfide) groups is 1. The fourth-order valence-corrected chi connectivity index (χ4v) is 2.92. The molecule has 2 aromatic rings. The molecular formula is C18H17F3N2O2S. The first kappa shape index (κ1) is 19.8. The molecule has 2 rings (SSSR count). The number of amides is 2. The first-order valence-corrected chi connectivity index (χ1v) is 8.85. The van der Waals surface area contributed by atoms with Crippen LogP contribution in [0.25, 0.3) is 0 Å². The van der Waals surface area contributed by atoms with Crippen LogP contribution in [0.5, 0.6) is 0 Å². The van der Waals surface area contributed by atoms with Crippen LogP contribution in [0.2, 0.25) is 0 Å². The van der Waals surface area contributed by atoms with Crippen molar-refractivity contribution in [2.24, 2.45) is 0 Å². The third-order valence-corrected chi connectivity index (χ3v) is 4.34. The number of benzene rings is 2. The summed E-state index contributed by atoms with van der Waals surface area (Å²) in [6, 6.07) is 9.51. The van der Waals surface area contributed by atoms with Gasteiger partial charge in [0.2, 0.25) is 11.8 Å². The van der Waals surface area contributed by atoms with Gasteiger partial charge in [0.05, 0.1) is 18.0 Å². The minimum absolute atomic E-state index is 0.154. The molecule has 4 nitrogen and oxygen atoms in total. The van der Waals surface area contributed by atoms with E-state index in [1.807, 2.05) is 31.2 Å². The van der Waals surface area contributed by atoms with E-state index in [-0.39, 0.29) is 11.7 Å². The van der Waals surface area contributed by atoms with E-state index in [1.54, 1.807) is 0 Å². The molecule has 2 aromatic carbocycles. The molecular weight excluding hydrogens is 365 g/mol. The van der Waals surface area contributed by atoms with Gasteiger partial charge in [0.15, 0.2) is 17.5 Å². The minimum atomic E-state index is -1.67. The van der Waals surface area contributed by atoms with Crippen molar-refractivity contribution in [3.63, 3.8) is 0 Å². The summed E-state index contributed by atoms with van der Waals surface area (Å²) in [6.45, 7) is 1.58. The van der Waals surface area contributed by atoms with Crippen molar-refractivity contribution in [1.82, 2.24) is 5.32 Å². The molecule has 0 radical (unpaired) electrons. The number of nitrogens with one attached hydrogen (secondary N) is 2. The molecule has 8 heteroatoms. The van der Waals surface area contributed by atoms with Gasteiger partial charge >= 0.3 is 0 Å². The molecule has 0 atom stereocenters. The Bertz CT molecular complexity index is 815. The highest BCUT2D eigenvalue weighted by Crippen LogP contribution is 2.19. The highest BCUT2D eigenvalue weighted by molar-refractivity contribution is 7.99. The van der Waals surface area contributed by atoms with Gasteiger partial charge in [-0.15, -0.1) is 11.8 Å². The van der Waals surface area contributed by atoms with Crippen LogP contribution in [0, 0.1) is 24.4 Å². The molecule has 0 aliphatic heterocycles. The Morgan fingerprint density at radius 1 is 1.04 bits per heavy atom. The van der Waals surface area contributed by atoms with Gasteiger partial charge in [0.25, 0.3) is 0 Å². The first-order chi connectivity index (χ1) is 12.4. The van der Waals surface area contributed by atoms with E-state index in [2.05, 4.69) is 10.6 Å². The number of rotatable bonds is 7. The Kier molecular flexibility index (Phi) is 7.08. The average Bonchev–Trinajstić information content (AvgIpc) is 2.60. The van der Waals surface area contributed by atoms with E-state index in [4.69, 9.17) is 0 Å². The molecule has 0 spiro atoms. The molecule has 2 N–H and O–H groups in total. The smallest absolute Gasteiger partial charge is 0.243 e. The Hall–Kier alpha value is -2.48. The maximum Gasteiger partial charge on any atom is 0.243 e. The molecule has 0 unspecified atom stereocenters. The summed E-state index contributed by atoms with van der Waals surface area (Å²) in [5.41, 5.74) is 1.74. The molecule has 0 fully saturated rings. The summed E-state index contributed by atoms with van der Waals surface area (Å²) in [5, 5.41) is 4.46. The van der Waals surface area contributed by atoms with E-state index >= 15 is 0 Å². The second kappa shape index (κ2) is 9.28. The average molecular weight is 382 g/mol. The number of aryl methyl sites for hydroxylation is 1. The Morgan fingerprint density at radius 3 is 2.54 bits per heavy atom. The van der Waals surface area contributed by atoms with Gasteiger partial charge in [-0.25, -0.2) is 13.2 Å². The molecule has 0 aliphatic carbocycles. The van der Waals surface area contributed by atoms with Gasteiger partial charge in [0.1, 0.15) is 0 Å². The Morgan fingerprint density at radius 2 is 1.81 bits per heavy atom. The third kappa shape index (κ3) is 5.80. The number of anilines is 1. The van der Waals surface area contributed by atoms with Gasteiger partial charge in [-0.1, -0.05) is 29.8 Å². The maximum atomic E-state index is 13.5. The summed E-state index contributed by atoms with van der Waals surface area (Å²) in [7, 11) is 0. The summed E-state index contributed by atoms with van der Waals surface area (Å²) in [6.07, 6.45) is 0. The van der Waals surface area contributed by atoms with E-state index in [1.165, 1.54) is 11.8 Å². The lowest BCUT2D eigenvalue weighted by Gasteiger charge is -2.08. The predicted molar refractivity (Wildman–Crippen MR) is 95.3 cm³/mol. The van der Waals surface area contributed by atoms with Crippen LogP contribution in [-0.4, -0.2) is 24.1 Å². The largest absolute Gasteiger partial charge is 0.346 e. The topological polar surface area (TPSA) is 58.2 Å². The van der Waals surface area contributed by atoms with Crippen molar-refractivity contribution in [3.8, 4) is 0 Å². The molecule has 26 heavy (non-hydrogen) atoms. The van der Waals surface area contributed by atoms with Gasteiger partial charge < -0.3 is 10.6 Å². The third-order valence-electron chi connectivity index (χ3n) is 3.34. The fraction of sp³-hybridized carbons (Fsp3) is 0.222. The zero-order valence-electron chi connectivity index (χ0n) is 13.9. The van der Waals surface area contributed by atoms with Crippen LogP contribution in [-0.2, 0) is 15.3 Å². The van der Waals surface area contributed by atoms with Gasteiger partial charge in [-0.3, -0.25) is 9.59 Å². The molecule has 0 aromatic heterocycles. The quantitative estimate of drug-likeness (QED) is 0.722. The van der Waals surface area contributed by atoms with E-state index < -0.39 is 35.6 Å². The number of hydrogen-bond acceptors (Lipinski definition) is 3. The molecule has 0 bridgehead atoms. The second-order valence-corrected chi connectivity index (χ2v) is 6.52. The SMILES string of the molecule is Cc1cccc(CSCC(=O)NCC(=O)Nc2ccc(F)c(F)c2F)c1. The maximum absolute atomic E-state index is 13.5. The second-order valence-electron chi connectivity index (χ2n) is 5.53. The molecule has 0 aliphatic rings. The number of carbonyl (C=O) groups excluding carboxylic acids is 2. The fourth-order valence-electron chi connectivity index (χ4n) is 2.11. The number of carbonyl (C=O) groups is 2. The molecule has 0 saturated carbocycles. The van der Waals surface area contributed by atoms with Gasteiger partial charge in [-0.2, -0.15) is 0 Å². The lowest BCUT2D eigenvalue weighted by atomic mass is 10.2. The molecule has 2 amide bonds. The van der Waals surface area contributed by atoms with Crippen LogP contribution < -0.4 is 10.6 Å². The summed E-state index contributed by atoms with van der Waals surface area (Å²) in [4.78, 5) is 23.4. The van der Waals surface area contributed by atoms with E-state index in [9.17, 15) is 22.8 Å². The zero-order chi connectivity index (χ0) is 19.1. The van der Waals surface area contributed by atoms with Crippen LogP contribution in [0.4, 0.5) is 18.9 Å². The first-order valence-electron chi connectivity index (χ1n) is 7.70. The molecule has 0 heterocycles. The number of hydrogen-bond donors (Lipinski definition) is 2.